The lowest BCUT2D eigenvalue weighted by atomic mass is 10.1. The highest BCUT2D eigenvalue weighted by Crippen LogP contribution is 2.24. The Bertz CT molecular complexity index is 1350. The molecule has 0 saturated heterocycles. The van der Waals surface area contributed by atoms with Crippen LogP contribution in [0.5, 0.6) is 5.75 Å². The van der Waals surface area contributed by atoms with Gasteiger partial charge in [-0.3, -0.25) is 4.79 Å². The molecule has 0 spiro atoms. The van der Waals surface area contributed by atoms with Crippen molar-refractivity contribution in [3.05, 3.63) is 96.2 Å². The number of benzene rings is 3. The maximum atomic E-state index is 13.7. The number of amides is 3. The number of hydrogen-bond donors (Lipinski definition) is 2. The van der Waals surface area contributed by atoms with Crippen LogP contribution in [0.3, 0.4) is 0 Å². The molecule has 38 heavy (non-hydrogen) atoms. The number of H-pyrrole nitrogens is 1. The molecule has 1 aromatic heterocycles. The van der Waals surface area contributed by atoms with Gasteiger partial charge in [0.1, 0.15) is 12.3 Å². The van der Waals surface area contributed by atoms with Crippen LogP contribution in [0.4, 0.5) is 10.5 Å². The Kier molecular flexibility index (Phi) is 9.03. The van der Waals surface area contributed by atoms with Gasteiger partial charge in [0.2, 0.25) is 5.91 Å². The summed E-state index contributed by atoms with van der Waals surface area (Å²) < 4.78 is 5.65. The van der Waals surface area contributed by atoms with Crippen LogP contribution >= 0.6 is 0 Å². The van der Waals surface area contributed by atoms with E-state index in [4.69, 9.17) is 4.74 Å². The molecule has 0 fully saturated rings. The number of ether oxygens (including phenoxy) is 1. The summed E-state index contributed by atoms with van der Waals surface area (Å²) in [6.45, 7) is 7.20. The van der Waals surface area contributed by atoms with Gasteiger partial charge in [0, 0.05) is 36.2 Å². The average molecular weight is 513 g/mol. The number of aromatic nitrogens is 1. The molecule has 0 aliphatic carbocycles. The van der Waals surface area contributed by atoms with Crippen molar-refractivity contribution in [2.24, 2.45) is 0 Å². The number of aromatic amines is 1. The van der Waals surface area contributed by atoms with E-state index in [2.05, 4.69) is 22.4 Å². The zero-order chi connectivity index (χ0) is 26.9. The Balaban J connectivity index is 1.50. The molecule has 0 unspecified atom stereocenters. The highest BCUT2D eigenvalue weighted by atomic mass is 16.5. The van der Waals surface area contributed by atoms with E-state index in [-0.39, 0.29) is 24.5 Å². The van der Waals surface area contributed by atoms with E-state index >= 15 is 0 Å². The van der Waals surface area contributed by atoms with Crippen LogP contribution in [0.2, 0.25) is 0 Å². The Morgan fingerprint density at radius 1 is 0.947 bits per heavy atom. The molecule has 3 amide bonds. The lowest BCUT2D eigenvalue weighted by molar-refractivity contribution is -0.132. The molecule has 0 aliphatic rings. The summed E-state index contributed by atoms with van der Waals surface area (Å²) in [4.78, 5) is 33.7. The number of rotatable bonds is 11. The summed E-state index contributed by atoms with van der Waals surface area (Å²) in [5.74, 6) is 0.499. The first-order chi connectivity index (χ1) is 18.5. The van der Waals surface area contributed by atoms with E-state index in [1.165, 1.54) is 0 Å². The highest BCUT2D eigenvalue weighted by molar-refractivity contribution is 5.93. The molecule has 0 aliphatic heterocycles. The summed E-state index contributed by atoms with van der Waals surface area (Å²) in [5.41, 5.74) is 3.87. The molecule has 0 bridgehead atoms. The third-order valence-corrected chi connectivity index (χ3v) is 6.51. The molecule has 3 aromatic carbocycles. The molecular formula is C31H36N4O3. The van der Waals surface area contributed by atoms with Gasteiger partial charge in [0.15, 0.2) is 0 Å². The first-order valence-corrected chi connectivity index (χ1v) is 13.1. The van der Waals surface area contributed by atoms with Gasteiger partial charge < -0.3 is 24.8 Å². The minimum absolute atomic E-state index is 0.0268. The Labute approximate surface area is 224 Å². The van der Waals surface area contributed by atoms with Crippen LogP contribution < -0.4 is 10.1 Å². The second-order valence-corrected chi connectivity index (χ2v) is 9.49. The van der Waals surface area contributed by atoms with Crippen molar-refractivity contribution in [2.45, 2.75) is 39.8 Å². The van der Waals surface area contributed by atoms with E-state index in [1.807, 2.05) is 92.5 Å². The predicted octanol–water partition coefficient (Wildman–Crippen LogP) is 6.08. The lowest BCUT2D eigenvalue weighted by Gasteiger charge is -2.30. The number of anilines is 1. The smallest absolute Gasteiger partial charge is 0.322 e. The molecule has 0 radical (unpaired) electrons. The monoisotopic (exact) mass is 512 g/mol. The van der Waals surface area contributed by atoms with Crippen molar-refractivity contribution in [3.63, 3.8) is 0 Å². The summed E-state index contributed by atoms with van der Waals surface area (Å²) in [6.07, 6.45) is 2.72. The highest BCUT2D eigenvalue weighted by Gasteiger charge is 2.24. The van der Waals surface area contributed by atoms with Gasteiger partial charge in [-0.15, -0.1) is 0 Å². The van der Waals surface area contributed by atoms with Crippen LogP contribution in [0, 0.1) is 0 Å². The van der Waals surface area contributed by atoms with Gasteiger partial charge in [-0.2, -0.15) is 0 Å². The topological polar surface area (TPSA) is 77.7 Å². The van der Waals surface area contributed by atoms with Crippen molar-refractivity contribution in [1.29, 1.82) is 0 Å². The van der Waals surface area contributed by atoms with Gasteiger partial charge >= 0.3 is 6.03 Å². The second kappa shape index (κ2) is 12.8. The minimum Gasteiger partial charge on any atom is -0.492 e. The number of para-hydroxylation sites is 3. The van der Waals surface area contributed by atoms with Crippen LogP contribution in [0.15, 0.2) is 85.1 Å². The van der Waals surface area contributed by atoms with Crippen LogP contribution in [-0.2, 0) is 17.8 Å². The van der Waals surface area contributed by atoms with Gasteiger partial charge in [0.25, 0.3) is 0 Å². The first-order valence-electron chi connectivity index (χ1n) is 13.1. The van der Waals surface area contributed by atoms with Crippen LogP contribution in [-0.4, -0.2) is 52.5 Å². The van der Waals surface area contributed by atoms with Crippen LogP contribution in [0.25, 0.3) is 10.9 Å². The van der Waals surface area contributed by atoms with Gasteiger partial charge in [-0.05, 0) is 56.5 Å². The molecule has 0 atom stereocenters. The summed E-state index contributed by atoms with van der Waals surface area (Å²) in [6, 6.07) is 24.9. The Morgan fingerprint density at radius 2 is 1.66 bits per heavy atom. The van der Waals surface area contributed by atoms with Crippen molar-refractivity contribution in [1.82, 2.24) is 14.8 Å². The molecule has 1 heterocycles. The number of nitrogens with zero attached hydrogens (tertiary/aromatic N) is 2. The van der Waals surface area contributed by atoms with Crippen molar-refractivity contribution in [2.75, 3.05) is 25.0 Å². The zero-order valence-corrected chi connectivity index (χ0v) is 22.3. The first kappa shape index (κ1) is 26.8. The van der Waals surface area contributed by atoms with Gasteiger partial charge in [0.05, 0.1) is 12.3 Å². The van der Waals surface area contributed by atoms with Crippen molar-refractivity contribution >= 4 is 28.5 Å². The fourth-order valence-electron chi connectivity index (χ4n) is 4.46. The maximum Gasteiger partial charge on any atom is 0.322 e. The maximum absolute atomic E-state index is 13.7. The quantitative estimate of drug-likeness (QED) is 0.256. The molecular weight excluding hydrogens is 476 g/mol. The molecule has 2 N–H and O–H groups in total. The molecule has 198 valence electrons. The van der Waals surface area contributed by atoms with E-state index in [1.54, 1.807) is 11.0 Å². The third kappa shape index (κ3) is 6.73. The molecule has 7 heteroatoms. The normalized spacial score (nSPS) is 10.9. The standard InChI is InChI=1S/C31H36N4O3/c1-4-38-29-17-11-10-16-28(29)33-31(37)35(23(2)3)22-30(36)34(21-24-12-6-5-7-13-24)19-18-25-20-32-27-15-9-8-14-26(25)27/h5-17,20,23,32H,4,18-19,21-22H2,1-3H3,(H,33,37). The average Bonchev–Trinajstić information content (AvgIpc) is 3.34. The Morgan fingerprint density at radius 3 is 2.42 bits per heavy atom. The number of carbonyl (C=O) groups is 2. The fraction of sp³-hybridized carbons (Fsp3) is 0.290. The third-order valence-electron chi connectivity index (χ3n) is 6.51. The number of hydrogen-bond acceptors (Lipinski definition) is 3. The van der Waals surface area contributed by atoms with E-state index in [0.29, 0.717) is 37.6 Å². The SMILES string of the molecule is CCOc1ccccc1NC(=O)N(CC(=O)N(CCc1c[nH]c2ccccc12)Cc1ccccc1)C(C)C. The predicted molar refractivity (Wildman–Crippen MR) is 152 cm³/mol. The van der Waals surface area contributed by atoms with E-state index < -0.39 is 0 Å². The van der Waals surface area contributed by atoms with Crippen molar-refractivity contribution in [3.8, 4) is 5.75 Å². The largest absolute Gasteiger partial charge is 0.492 e. The van der Waals surface area contributed by atoms with E-state index in [9.17, 15) is 9.59 Å². The van der Waals surface area contributed by atoms with E-state index in [0.717, 1.165) is 22.0 Å². The fourth-order valence-corrected chi connectivity index (χ4v) is 4.46. The number of fused-ring (bicyclic) bond motifs is 1. The zero-order valence-electron chi connectivity index (χ0n) is 22.3. The van der Waals surface area contributed by atoms with Crippen LogP contribution in [0.1, 0.15) is 31.9 Å². The lowest BCUT2D eigenvalue weighted by Crippen LogP contribution is -2.47. The number of nitrogens with one attached hydrogen (secondary N) is 2. The Hall–Kier alpha value is -4.26. The molecule has 4 rings (SSSR count). The summed E-state index contributed by atoms with van der Waals surface area (Å²) in [5, 5.41) is 4.10. The molecule has 4 aromatic rings. The number of carbonyl (C=O) groups excluding carboxylic acids is 2. The molecule has 7 nitrogen and oxygen atoms in total. The minimum atomic E-state index is -0.336. The summed E-state index contributed by atoms with van der Waals surface area (Å²) >= 11 is 0. The van der Waals surface area contributed by atoms with Gasteiger partial charge in [-0.1, -0.05) is 60.7 Å². The second-order valence-electron chi connectivity index (χ2n) is 9.49. The number of urea groups is 1. The van der Waals surface area contributed by atoms with Crippen molar-refractivity contribution < 1.29 is 14.3 Å². The van der Waals surface area contributed by atoms with Gasteiger partial charge in [-0.25, -0.2) is 4.79 Å². The summed E-state index contributed by atoms with van der Waals surface area (Å²) in [7, 11) is 0. The molecule has 0 saturated carbocycles.